The van der Waals surface area contributed by atoms with Gasteiger partial charge in [-0.25, -0.2) is 9.78 Å². The van der Waals surface area contributed by atoms with Crippen LogP contribution in [0.3, 0.4) is 0 Å². The average molecular weight is 434 g/mol. The van der Waals surface area contributed by atoms with Crippen LogP contribution in [0.1, 0.15) is 43.6 Å². The van der Waals surface area contributed by atoms with Gasteiger partial charge in [0.1, 0.15) is 17.6 Å². The van der Waals surface area contributed by atoms with Crippen LogP contribution in [-0.4, -0.2) is 46.3 Å². The molecule has 1 aromatic heterocycles. The Bertz CT molecular complexity index is 1090. The fraction of sp³-hybridized carbons (Fsp3) is 0.560. The molecular formula is C25H26N2O5. The predicted molar refractivity (Wildman–Crippen MR) is 112 cm³/mol. The number of hydrogen-bond acceptors (Lipinski definition) is 7. The smallest absolute Gasteiger partial charge is 0.358 e. The van der Waals surface area contributed by atoms with Gasteiger partial charge in [0.15, 0.2) is 17.3 Å². The van der Waals surface area contributed by atoms with Crippen molar-refractivity contribution in [2.75, 3.05) is 6.61 Å². The summed E-state index contributed by atoms with van der Waals surface area (Å²) in [6, 6.07) is 0. The van der Waals surface area contributed by atoms with Crippen molar-refractivity contribution < 1.29 is 23.9 Å². The zero-order chi connectivity index (χ0) is 22.5. The van der Waals surface area contributed by atoms with E-state index in [0.29, 0.717) is 25.0 Å². The highest BCUT2D eigenvalue weighted by Crippen LogP contribution is 2.71. The van der Waals surface area contributed by atoms with Gasteiger partial charge in [0.05, 0.1) is 12.8 Å². The van der Waals surface area contributed by atoms with Gasteiger partial charge in [-0.05, 0) is 36.2 Å². The maximum Gasteiger partial charge on any atom is 0.358 e. The molecule has 0 amide bonds. The number of carbonyl (C=O) groups excluding carboxylic acids is 3. The number of carbonyl (C=O) groups is 3. The van der Waals surface area contributed by atoms with Crippen molar-refractivity contribution in [1.29, 1.82) is 0 Å². The van der Waals surface area contributed by atoms with Crippen molar-refractivity contribution in [3.63, 3.8) is 0 Å². The molecule has 4 aliphatic carbocycles. The number of aromatic nitrogens is 2. The molecule has 4 fully saturated rings. The molecule has 1 aliphatic heterocycles. The topological polar surface area (TPSA) is 95.5 Å². The number of nitrogens with zero attached hydrogens (tertiary/aromatic N) is 2. The van der Waals surface area contributed by atoms with E-state index in [9.17, 15) is 14.4 Å². The second-order valence-corrected chi connectivity index (χ2v) is 10.7. The summed E-state index contributed by atoms with van der Waals surface area (Å²) < 4.78 is 12.1. The van der Waals surface area contributed by atoms with Crippen LogP contribution in [0.5, 0.6) is 0 Å². The van der Waals surface area contributed by atoms with Crippen LogP contribution in [0, 0.1) is 34.0 Å². The van der Waals surface area contributed by atoms with Crippen LogP contribution < -0.4 is 0 Å². The van der Waals surface area contributed by atoms with Crippen molar-refractivity contribution >= 4 is 17.5 Å². The summed E-state index contributed by atoms with van der Waals surface area (Å²) in [6.07, 6.45) is 9.22. The second-order valence-electron chi connectivity index (χ2n) is 10.7. The van der Waals surface area contributed by atoms with Crippen LogP contribution in [0.25, 0.3) is 0 Å². The van der Waals surface area contributed by atoms with E-state index >= 15 is 0 Å². The molecule has 5 aliphatic rings. The first-order valence-corrected chi connectivity index (χ1v) is 11.3. The van der Waals surface area contributed by atoms with Gasteiger partial charge in [-0.3, -0.25) is 14.6 Å². The van der Waals surface area contributed by atoms with E-state index in [0.717, 1.165) is 6.42 Å². The number of hydrogen-bond donors (Lipinski definition) is 0. The van der Waals surface area contributed by atoms with Gasteiger partial charge in [0.25, 0.3) is 0 Å². The first-order chi connectivity index (χ1) is 15.2. The summed E-state index contributed by atoms with van der Waals surface area (Å²) in [5.41, 5.74) is -1.54. The Morgan fingerprint density at radius 2 is 2.06 bits per heavy atom. The van der Waals surface area contributed by atoms with Gasteiger partial charge in [0.2, 0.25) is 0 Å². The van der Waals surface area contributed by atoms with E-state index in [1.807, 2.05) is 0 Å². The van der Waals surface area contributed by atoms with Gasteiger partial charge in [-0.1, -0.05) is 32.6 Å². The molecule has 6 rings (SSSR count). The zero-order valence-electron chi connectivity index (χ0n) is 18.2. The zero-order valence-corrected chi connectivity index (χ0v) is 18.2. The summed E-state index contributed by atoms with van der Waals surface area (Å²) in [5, 5.41) is 0. The van der Waals surface area contributed by atoms with Gasteiger partial charge in [0, 0.05) is 29.6 Å². The third kappa shape index (κ3) is 2.13. The molecule has 7 nitrogen and oxygen atoms in total. The maximum atomic E-state index is 14.2. The lowest BCUT2D eigenvalue weighted by Gasteiger charge is -2.59. The number of allylic oxidation sites excluding steroid dienone is 1. The van der Waals surface area contributed by atoms with Crippen LogP contribution in [-0.2, 0) is 19.1 Å². The van der Waals surface area contributed by atoms with Gasteiger partial charge >= 0.3 is 5.97 Å². The van der Waals surface area contributed by atoms with E-state index in [4.69, 9.17) is 9.47 Å². The quantitative estimate of drug-likeness (QED) is 0.306. The number of Topliss-reactive ketones (excluding diaryl/α,β-unsaturated/α-hetero) is 2. The van der Waals surface area contributed by atoms with Crippen LogP contribution >= 0.6 is 0 Å². The minimum Gasteiger partial charge on any atom is -0.455 e. The molecule has 2 heterocycles. The van der Waals surface area contributed by atoms with Gasteiger partial charge in [-0.2, -0.15) is 0 Å². The molecule has 0 unspecified atom stereocenters. The first-order valence-electron chi connectivity index (χ1n) is 11.3. The van der Waals surface area contributed by atoms with Crippen molar-refractivity contribution in [1.82, 2.24) is 9.97 Å². The fourth-order valence-electron chi connectivity index (χ4n) is 7.79. The van der Waals surface area contributed by atoms with Crippen LogP contribution in [0.2, 0.25) is 0 Å². The van der Waals surface area contributed by atoms with Crippen molar-refractivity contribution in [2.24, 2.45) is 34.0 Å². The molecule has 3 saturated carbocycles. The molecule has 0 N–H and O–H groups in total. The SMILES string of the molecule is C=C1C(=O)[C@@]23C(=O)[C@@H]4OC[C@]5(C=CCC(C)(C)[C@@H]45)[C@@H]2CC[C@@H]1[C@H]3OC(=O)c1cnccn1. The van der Waals surface area contributed by atoms with E-state index in [1.54, 1.807) is 0 Å². The standard InChI is InChI=1S/C25H26N2O5/c1-13-14-5-6-16-24-8-4-7-23(2,3)18(24)17(31-12-24)20(29)25(16,19(13)28)21(14)32-22(30)15-11-26-9-10-27-15/h4,8-11,14,16-18,21H,1,5-7,12H2,2-3H3/t14-,16-,17+,18+,21+,24+,25+/m0/s1. The van der Waals surface area contributed by atoms with Crippen LogP contribution in [0.4, 0.5) is 0 Å². The highest BCUT2D eigenvalue weighted by molar-refractivity contribution is 6.20. The first kappa shape index (κ1) is 20.0. The van der Waals surface area contributed by atoms with E-state index in [-0.39, 0.29) is 40.4 Å². The molecule has 4 bridgehead atoms. The average Bonchev–Trinajstić information content (AvgIpc) is 3.20. The number of ketones is 2. The van der Waals surface area contributed by atoms with E-state index < -0.39 is 29.0 Å². The fourth-order valence-corrected chi connectivity index (χ4v) is 7.79. The lowest BCUT2D eigenvalue weighted by molar-refractivity contribution is -0.178. The molecule has 1 aromatic rings. The molecule has 32 heavy (non-hydrogen) atoms. The van der Waals surface area contributed by atoms with Crippen LogP contribution in [0.15, 0.2) is 42.9 Å². The molecule has 7 atom stereocenters. The maximum absolute atomic E-state index is 14.2. The van der Waals surface area contributed by atoms with Crippen molar-refractivity contribution in [3.05, 3.63) is 48.6 Å². The minimum absolute atomic E-state index is 0.00215. The lowest BCUT2D eigenvalue weighted by Crippen LogP contribution is -2.68. The Morgan fingerprint density at radius 3 is 2.81 bits per heavy atom. The Kier molecular flexibility index (Phi) is 3.88. The van der Waals surface area contributed by atoms with Gasteiger partial charge in [-0.15, -0.1) is 0 Å². The van der Waals surface area contributed by atoms with Gasteiger partial charge < -0.3 is 9.47 Å². The highest BCUT2D eigenvalue weighted by Gasteiger charge is 2.80. The Balaban J connectivity index is 1.50. The Morgan fingerprint density at radius 1 is 1.25 bits per heavy atom. The summed E-state index contributed by atoms with van der Waals surface area (Å²) in [5.74, 6) is -1.82. The van der Waals surface area contributed by atoms with Crippen molar-refractivity contribution in [2.45, 2.75) is 45.3 Å². The normalized spacial score (nSPS) is 43.1. The monoisotopic (exact) mass is 434 g/mol. The minimum atomic E-state index is -1.44. The molecular weight excluding hydrogens is 408 g/mol. The Hall–Kier alpha value is -2.67. The summed E-state index contributed by atoms with van der Waals surface area (Å²) in [7, 11) is 0. The summed E-state index contributed by atoms with van der Waals surface area (Å²) in [6.45, 7) is 8.81. The Labute approximate surface area is 186 Å². The third-order valence-electron chi connectivity index (χ3n) is 8.88. The molecule has 7 heteroatoms. The number of esters is 1. The molecule has 0 radical (unpaired) electrons. The number of fused-ring (bicyclic) bond motifs is 1. The number of ether oxygens (including phenoxy) is 2. The van der Waals surface area contributed by atoms with E-state index in [2.05, 4.69) is 42.5 Å². The largest absolute Gasteiger partial charge is 0.455 e. The molecule has 166 valence electrons. The summed E-state index contributed by atoms with van der Waals surface area (Å²) in [4.78, 5) is 48.9. The van der Waals surface area contributed by atoms with E-state index in [1.165, 1.54) is 18.6 Å². The second kappa shape index (κ2) is 6.22. The summed E-state index contributed by atoms with van der Waals surface area (Å²) >= 11 is 0. The lowest BCUT2D eigenvalue weighted by atomic mass is 9.41. The predicted octanol–water partition coefficient (Wildman–Crippen LogP) is 2.72. The third-order valence-corrected chi connectivity index (χ3v) is 8.88. The molecule has 1 spiro atoms. The van der Waals surface area contributed by atoms with Crippen molar-refractivity contribution in [3.8, 4) is 0 Å². The highest BCUT2D eigenvalue weighted by atomic mass is 16.5. The number of rotatable bonds is 2. The molecule has 0 aromatic carbocycles. The molecule has 1 saturated heterocycles.